The summed E-state index contributed by atoms with van der Waals surface area (Å²) in [5, 5.41) is 7.17. The molecule has 1 amide bonds. The lowest BCUT2D eigenvalue weighted by Crippen LogP contribution is -2.42. The van der Waals surface area contributed by atoms with Crippen LogP contribution in [0, 0.1) is 6.92 Å². The minimum Gasteiger partial charge on any atom is -0.342 e. The fourth-order valence-electron chi connectivity index (χ4n) is 3.55. The molecule has 4 heterocycles. The lowest BCUT2D eigenvalue weighted by molar-refractivity contribution is -0.131. The summed E-state index contributed by atoms with van der Waals surface area (Å²) in [7, 11) is 1.80. The predicted molar refractivity (Wildman–Crippen MR) is 108 cm³/mol. The quantitative estimate of drug-likeness (QED) is 0.708. The van der Waals surface area contributed by atoms with E-state index >= 15 is 0 Å². The first kappa shape index (κ1) is 17.9. The van der Waals surface area contributed by atoms with E-state index in [0.717, 1.165) is 48.1 Å². The van der Waals surface area contributed by atoms with E-state index in [2.05, 4.69) is 32.3 Å². The Kier molecular flexibility index (Phi) is 5.09. The first-order valence-electron chi connectivity index (χ1n) is 9.23. The average Bonchev–Trinajstić information content (AvgIpc) is 3.31. The smallest absolute Gasteiger partial charge is 0.236 e. The third-order valence-corrected chi connectivity index (χ3v) is 5.80. The van der Waals surface area contributed by atoms with E-state index in [-0.39, 0.29) is 5.91 Å². The second-order valence-electron chi connectivity index (χ2n) is 6.90. The Morgan fingerprint density at radius 2 is 2.19 bits per heavy atom. The highest BCUT2D eigenvalue weighted by atomic mass is 32.1. The lowest BCUT2D eigenvalue weighted by Gasteiger charge is -2.32. The van der Waals surface area contributed by atoms with Crippen molar-refractivity contribution >= 4 is 33.7 Å². The highest BCUT2D eigenvalue weighted by Gasteiger charge is 2.25. The number of nitrogens with one attached hydrogen (secondary N) is 2. The second kappa shape index (κ2) is 7.66. The Bertz CT molecular complexity index is 941. The number of likely N-dealkylation sites (N-methyl/N-ethyl adjacent to an activating group) is 1. The predicted octanol–water partition coefficient (Wildman–Crippen LogP) is 2.77. The molecule has 4 rings (SSSR count). The number of hydrogen-bond acceptors (Lipinski definition) is 6. The summed E-state index contributed by atoms with van der Waals surface area (Å²) in [5.41, 5.74) is 2.10. The minimum absolute atomic E-state index is 0.172. The molecule has 0 radical (unpaired) electrons. The highest BCUT2D eigenvalue weighted by Crippen LogP contribution is 2.30. The number of fused-ring (bicyclic) bond motifs is 1. The van der Waals surface area contributed by atoms with Gasteiger partial charge >= 0.3 is 0 Å². The average molecular weight is 385 g/mol. The van der Waals surface area contributed by atoms with Gasteiger partial charge in [0.2, 0.25) is 5.91 Å². The summed E-state index contributed by atoms with van der Waals surface area (Å²) in [4.78, 5) is 24.5. The molecule has 0 spiro atoms. The van der Waals surface area contributed by atoms with Crippen LogP contribution in [0.25, 0.3) is 5.52 Å². The number of carbonyl (C=O) groups is 1. The van der Waals surface area contributed by atoms with Crippen molar-refractivity contribution in [3.63, 3.8) is 0 Å². The van der Waals surface area contributed by atoms with Crippen molar-refractivity contribution in [1.29, 1.82) is 0 Å². The van der Waals surface area contributed by atoms with Gasteiger partial charge < -0.3 is 19.9 Å². The van der Waals surface area contributed by atoms with Crippen molar-refractivity contribution in [2.45, 2.75) is 25.7 Å². The van der Waals surface area contributed by atoms with Gasteiger partial charge in [0.1, 0.15) is 0 Å². The maximum absolute atomic E-state index is 12.1. The standard InChI is InChI=1S/C19H24N6OS/c1-13-10-21-19(27-13)23-18-16-4-3-7-25(16)12-15(22-18)14-5-8-24(9-6-14)17(26)11-20-2/h3-4,7,10,12,14,20H,5-6,8-9,11H2,1-2H3,(H,21,22,23). The number of carbonyl (C=O) groups excluding carboxylic acids is 1. The minimum atomic E-state index is 0.172. The molecular weight excluding hydrogens is 360 g/mol. The number of aromatic nitrogens is 3. The van der Waals surface area contributed by atoms with Crippen molar-refractivity contribution < 1.29 is 4.79 Å². The Labute approximate surface area is 162 Å². The summed E-state index contributed by atoms with van der Waals surface area (Å²) in [6.45, 7) is 4.01. The Morgan fingerprint density at radius 3 is 2.89 bits per heavy atom. The fraction of sp³-hybridized carbons (Fsp3) is 0.421. The van der Waals surface area contributed by atoms with Gasteiger partial charge in [-0.1, -0.05) is 0 Å². The molecule has 27 heavy (non-hydrogen) atoms. The number of thiazole rings is 1. The molecule has 0 saturated carbocycles. The Morgan fingerprint density at radius 1 is 1.37 bits per heavy atom. The largest absolute Gasteiger partial charge is 0.342 e. The van der Waals surface area contributed by atoms with E-state index in [1.807, 2.05) is 30.3 Å². The van der Waals surface area contributed by atoms with E-state index in [1.54, 1.807) is 18.4 Å². The number of likely N-dealkylation sites (tertiary alicyclic amines) is 1. The van der Waals surface area contributed by atoms with Crippen molar-refractivity contribution in [2.75, 3.05) is 32.0 Å². The second-order valence-corrected chi connectivity index (χ2v) is 8.14. The molecule has 2 N–H and O–H groups in total. The summed E-state index contributed by atoms with van der Waals surface area (Å²) in [6.07, 6.45) is 7.90. The zero-order valence-electron chi connectivity index (χ0n) is 15.6. The van der Waals surface area contributed by atoms with Crippen molar-refractivity contribution in [3.05, 3.63) is 41.3 Å². The molecule has 0 bridgehead atoms. The van der Waals surface area contributed by atoms with Crippen molar-refractivity contribution in [3.8, 4) is 0 Å². The molecule has 1 aliphatic heterocycles. The molecule has 1 saturated heterocycles. The third kappa shape index (κ3) is 3.81. The fourth-order valence-corrected chi connectivity index (χ4v) is 4.22. The van der Waals surface area contributed by atoms with Crippen LogP contribution in [0.15, 0.2) is 30.7 Å². The van der Waals surface area contributed by atoms with Crippen LogP contribution in [0.3, 0.4) is 0 Å². The van der Waals surface area contributed by atoms with Gasteiger partial charge in [-0.2, -0.15) is 0 Å². The topological polar surface area (TPSA) is 74.6 Å². The van der Waals surface area contributed by atoms with Gasteiger partial charge in [-0.15, -0.1) is 11.3 Å². The van der Waals surface area contributed by atoms with Crippen molar-refractivity contribution in [1.82, 2.24) is 24.6 Å². The molecule has 0 aromatic carbocycles. The monoisotopic (exact) mass is 384 g/mol. The van der Waals surface area contributed by atoms with E-state index in [1.165, 1.54) is 4.88 Å². The van der Waals surface area contributed by atoms with Gasteiger partial charge in [0.05, 0.1) is 17.8 Å². The molecule has 142 valence electrons. The summed E-state index contributed by atoms with van der Waals surface area (Å²) >= 11 is 1.62. The van der Waals surface area contributed by atoms with E-state index in [9.17, 15) is 4.79 Å². The van der Waals surface area contributed by atoms with Gasteiger partial charge in [-0.3, -0.25) is 4.79 Å². The molecule has 0 unspecified atom stereocenters. The molecular formula is C19H24N6OS. The summed E-state index contributed by atoms with van der Waals surface area (Å²) in [6, 6.07) is 4.08. The third-order valence-electron chi connectivity index (χ3n) is 4.97. The molecule has 3 aromatic heterocycles. The van der Waals surface area contributed by atoms with Crippen LogP contribution in [-0.2, 0) is 4.79 Å². The lowest BCUT2D eigenvalue weighted by atomic mass is 9.93. The number of anilines is 2. The number of hydrogen-bond donors (Lipinski definition) is 2. The van der Waals surface area contributed by atoms with E-state index in [0.29, 0.717) is 12.5 Å². The first-order chi connectivity index (χ1) is 13.1. The molecule has 1 fully saturated rings. The van der Waals surface area contributed by atoms with Crippen LogP contribution >= 0.6 is 11.3 Å². The van der Waals surface area contributed by atoms with Crippen LogP contribution < -0.4 is 10.6 Å². The van der Waals surface area contributed by atoms with Crippen molar-refractivity contribution in [2.24, 2.45) is 0 Å². The zero-order valence-corrected chi connectivity index (χ0v) is 16.4. The normalized spacial score (nSPS) is 15.4. The molecule has 0 atom stereocenters. The van der Waals surface area contributed by atoms with Crippen LogP contribution in [0.4, 0.5) is 10.9 Å². The maximum Gasteiger partial charge on any atom is 0.236 e. The Hall–Kier alpha value is -2.45. The maximum atomic E-state index is 12.1. The molecule has 0 aliphatic carbocycles. The number of nitrogens with zero attached hydrogens (tertiary/aromatic N) is 4. The van der Waals surface area contributed by atoms with Crippen LogP contribution in [0.2, 0.25) is 0 Å². The van der Waals surface area contributed by atoms with Gasteiger partial charge in [0.15, 0.2) is 10.9 Å². The van der Waals surface area contributed by atoms with Crippen LogP contribution in [0.5, 0.6) is 0 Å². The van der Waals surface area contributed by atoms with Gasteiger partial charge in [0.25, 0.3) is 0 Å². The number of aryl methyl sites for hydroxylation is 1. The van der Waals surface area contributed by atoms with E-state index < -0.39 is 0 Å². The van der Waals surface area contributed by atoms with Crippen LogP contribution in [0.1, 0.15) is 29.3 Å². The van der Waals surface area contributed by atoms with Gasteiger partial charge in [-0.25, -0.2) is 9.97 Å². The molecule has 1 aliphatic rings. The highest BCUT2D eigenvalue weighted by molar-refractivity contribution is 7.15. The zero-order chi connectivity index (χ0) is 18.8. The number of rotatable bonds is 5. The SMILES string of the molecule is CNCC(=O)N1CCC(c2cn3cccc3c(Nc3ncc(C)s3)n2)CC1. The van der Waals surface area contributed by atoms with E-state index in [4.69, 9.17) is 4.98 Å². The van der Waals surface area contributed by atoms with Gasteiger partial charge in [-0.05, 0) is 38.9 Å². The number of amides is 1. The molecule has 3 aromatic rings. The Balaban J connectivity index is 1.55. The number of piperidine rings is 1. The van der Waals surface area contributed by atoms with Crippen LogP contribution in [-0.4, -0.2) is 51.9 Å². The molecule has 8 heteroatoms. The summed E-state index contributed by atoms with van der Waals surface area (Å²) < 4.78 is 2.11. The first-order valence-corrected chi connectivity index (χ1v) is 10.0. The molecule has 7 nitrogen and oxygen atoms in total. The summed E-state index contributed by atoms with van der Waals surface area (Å²) in [5.74, 6) is 1.36. The van der Waals surface area contributed by atoms with Gasteiger partial charge in [0, 0.05) is 42.5 Å².